The molecule has 2 N–H and O–H groups in total. The summed E-state index contributed by atoms with van der Waals surface area (Å²) in [6.07, 6.45) is 6.69. The van der Waals surface area contributed by atoms with Crippen LogP contribution in [0.5, 0.6) is 0 Å². The average Bonchev–Trinajstić information content (AvgIpc) is 3.37. The van der Waals surface area contributed by atoms with Gasteiger partial charge in [0.2, 0.25) is 5.89 Å². The number of hydrogen-bond acceptors (Lipinski definition) is 6. The van der Waals surface area contributed by atoms with Crippen LogP contribution in [-0.2, 0) is 6.18 Å². The fraction of sp³-hybridized carbons (Fsp3) is 0.556. The molecule has 1 amide bonds. The molecule has 2 aliphatic rings. The molecule has 4 rings (SSSR count). The summed E-state index contributed by atoms with van der Waals surface area (Å²) in [7, 11) is 0. The summed E-state index contributed by atoms with van der Waals surface area (Å²) in [5.41, 5.74) is -1.07. The molecule has 2 fully saturated rings. The van der Waals surface area contributed by atoms with Gasteiger partial charge in [-0.1, -0.05) is 20.4 Å². The standard InChI is InChI=1S/C27H35F3N6O2/c1-16(2)20-7-9-21(10-8-20)36-14-22(24(35-36)27(28,29)30)33-25(37)23-15-38-26(34-23)17(3)11-12-31-18(4)32-13-19-5-6-19/h11-12,14-16,19-21,32H,4-10,13H2,1-3H3,(H,33,37)/b17-11+,31-12-/t20-,21+. The monoisotopic (exact) mass is 532 g/mol. The van der Waals surface area contributed by atoms with Gasteiger partial charge in [0.1, 0.15) is 12.1 Å². The molecule has 0 unspecified atom stereocenters. The number of nitrogens with zero attached hydrogens (tertiary/aromatic N) is 4. The highest BCUT2D eigenvalue weighted by Crippen LogP contribution is 2.39. The Labute approximate surface area is 220 Å². The zero-order valence-corrected chi connectivity index (χ0v) is 22.0. The number of amides is 1. The molecule has 0 aliphatic heterocycles. The van der Waals surface area contributed by atoms with Crippen molar-refractivity contribution in [3.05, 3.63) is 48.2 Å². The third kappa shape index (κ3) is 7.14. The van der Waals surface area contributed by atoms with Crippen LogP contribution in [0.15, 0.2) is 40.3 Å². The van der Waals surface area contributed by atoms with Crippen LogP contribution in [0.25, 0.3) is 5.57 Å². The van der Waals surface area contributed by atoms with Gasteiger partial charge in [-0.3, -0.25) is 9.48 Å². The van der Waals surface area contributed by atoms with Gasteiger partial charge in [0, 0.05) is 24.5 Å². The molecule has 2 aromatic rings. The lowest BCUT2D eigenvalue weighted by Gasteiger charge is -2.30. The molecule has 38 heavy (non-hydrogen) atoms. The van der Waals surface area contributed by atoms with Crippen LogP contribution in [0.3, 0.4) is 0 Å². The van der Waals surface area contributed by atoms with Crippen LogP contribution in [0.4, 0.5) is 18.9 Å². The van der Waals surface area contributed by atoms with Crippen LogP contribution >= 0.6 is 0 Å². The van der Waals surface area contributed by atoms with Crippen molar-refractivity contribution in [3.8, 4) is 0 Å². The average molecular weight is 533 g/mol. The van der Waals surface area contributed by atoms with Gasteiger partial charge in [-0.15, -0.1) is 0 Å². The van der Waals surface area contributed by atoms with Crippen LogP contribution in [0, 0.1) is 17.8 Å². The molecule has 0 atom stereocenters. The topological polar surface area (TPSA) is 97.3 Å². The van der Waals surface area contributed by atoms with Gasteiger partial charge in [0.25, 0.3) is 5.91 Å². The number of allylic oxidation sites excluding steroid dienone is 2. The summed E-state index contributed by atoms with van der Waals surface area (Å²) in [6, 6.07) is -0.134. The van der Waals surface area contributed by atoms with E-state index < -0.39 is 23.5 Å². The van der Waals surface area contributed by atoms with E-state index in [0.29, 0.717) is 29.1 Å². The van der Waals surface area contributed by atoms with Crippen molar-refractivity contribution in [3.63, 3.8) is 0 Å². The summed E-state index contributed by atoms with van der Waals surface area (Å²) >= 11 is 0. The molecule has 0 radical (unpaired) electrons. The molecule has 0 spiro atoms. The van der Waals surface area contributed by atoms with Crippen molar-refractivity contribution < 1.29 is 22.4 Å². The summed E-state index contributed by atoms with van der Waals surface area (Å²) in [4.78, 5) is 21.1. The van der Waals surface area contributed by atoms with Crippen LogP contribution in [0.1, 0.15) is 87.4 Å². The van der Waals surface area contributed by atoms with Crippen molar-refractivity contribution >= 4 is 23.4 Å². The molecule has 8 nitrogen and oxygen atoms in total. The van der Waals surface area contributed by atoms with Crippen molar-refractivity contribution in [1.82, 2.24) is 20.1 Å². The lowest BCUT2D eigenvalue weighted by molar-refractivity contribution is -0.141. The summed E-state index contributed by atoms with van der Waals surface area (Å²) in [6.45, 7) is 10.7. The lowest BCUT2D eigenvalue weighted by Crippen LogP contribution is -2.22. The molecular weight excluding hydrogens is 497 g/mol. The Morgan fingerprint density at radius 3 is 2.61 bits per heavy atom. The molecule has 2 saturated carbocycles. The van der Waals surface area contributed by atoms with Crippen molar-refractivity contribution in [1.29, 1.82) is 0 Å². The van der Waals surface area contributed by atoms with E-state index in [1.165, 1.54) is 23.7 Å². The predicted octanol–water partition coefficient (Wildman–Crippen LogP) is 6.47. The molecule has 2 aromatic heterocycles. The second-order valence-electron chi connectivity index (χ2n) is 10.6. The molecule has 2 heterocycles. The number of nitrogens with one attached hydrogen (secondary N) is 2. The maximum absolute atomic E-state index is 13.7. The minimum Gasteiger partial charge on any atom is -0.444 e. The molecule has 0 bridgehead atoms. The fourth-order valence-electron chi connectivity index (χ4n) is 4.60. The Kier molecular flexibility index (Phi) is 8.42. The minimum atomic E-state index is -4.71. The number of carbonyl (C=O) groups is 1. The third-order valence-electron chi connectivity index (χ3n) is 7.23. The Morgan fingerprint density at radius 1 is 1.26 bits per heavy atom. The zero-order valence-electron chi connectivity index (χ0n) is 22.0. The maximum atomic E-state index is 13.7. The Morgan fingerprint density at radius 2 is 1.97 bits per heavy atom. The van der Waals surface area contributed by atoms with Crippen molar-refractivity contribution in [2.45, 2.75) is 71.5 Å². The molecule has 2 aliphatic carbocycles. The summed E-state index contributed by atoms with van der Waals surface area (Å²) in [5.74, 6) is 1.70. The summed E-state index contributed by atoms with van der Waals surface area (Å²) < 4.78 is 47.9. The molecule has 0 saturated heterocycles. The van der Waals surface area contributed by atoms with E-state index in [0.717, 1.165) is 38.5 Å². The largest absolute Gasteiger partial charge is 0.444 e. The number of hydrogen-bond donors (Lipinski definition) is 2. The summed E-state index contributed by atoms with van der Waals surface area (Å²) in [5, 5.41) is 9.30. The van der Waals surface area contributed by atoms with Gasteiger partial charge >= 0.3 is 6.18 Å². The van der Waals surface area contributed by atoms with Crippen LogP contribution < -0.4 is 10.6 Å². The van der Waals surface area contributed by atoms with Gasteiger partial charge in [0.15, 0.2) is 11.4 Å². The number of aromatic nitrogens is 3. The van der Waals surface area contributed by atoms with Crippen LogP contribution in [0.2, 0.25) is 0 Å². The highest BCUT2D eigenvalue weighted by Gasteiger charge is 2.39. The number of aliphatic imine (C=N–C) groups is 1. The van der Waals surface area contributed by atoms with E-state index in [4.69, 9.17) is 4.42 Å². The van der Waals surface area contributed by atoms with E-state index in [1.54, 1.807) is 19.2 Å². The van der Waals surface area contributed by atoms with E-state index in [9.17, 15) is 18.0 Å². The normalized spacial score (nSPS) is 20.8. The van der Waals surface area contributed by atoms with Gasteiger partial charge in [-0.2, -0.15) is 18.3 Å². The number of oxazole rings is 1. The van der Waals surface area contributed by atoms with Crippen molar-refractivity contribution in [2.75, 3.05) is 11.9 Å². The molecule has 11 heteroatoms. The van der Waals surface area contributed by atoms with Gasteiger partial charge in [-0.25, -0.2) is 9.98 Å². The smallest absolute Gasteiger partial charge is 0.437 e. The number of anilines is 1. The first-order chi connectivity index (χ1) is 18.0. The van der Waals surface area contributed by atoms with E-state index in [2.05, 4.69) is 46.1 Å². The number of alkyl halides is 3. The van der Waals surface area contributed by atoms with Gasteiger partial charge in [0.05, 0.1) is 11.7 Å². The fourth-order valence-corrected chi connectivity index (χ4v) is 4.60. The highest BCUT2D eigenvalue weighted by atomic mass is 19.4. The van der Waals surface area contributed by atoms with E-state index >= 15 is 0 Å². The Balaban J connectivity index is 1.41. The first kappa shape index (κ1) is 27.7. The minimum absolute atomic E-state index is 0.134. The lowest BCUT2D eigenvalue weighted by atomic mass is 9.80. The first-order valence-corrected chi connectivity index (χ1v) is 13.1. The number of halogens is 3. The molecule has 206 valence electrons. The Bertz CT molecular complexity index is 1200. The maximum Gasteiger partial charge on any atom is 0.437 e. The highest BCUT2D eigenvalue weighted by molar-refractivity contribution is 6.03. The predicted molar refractivity (Wildman–Crippen MR) is 140 cm³/mol. The van der Waals surface area contributed by atoms with Gasteiger partial charge in [-0.05, 0) is 69.3 Å². The van der Waals surface area contributed by atoms with Crippen LogP contribution in [-0.4, -0.2) is 33.4 Å². The SMILES string of the molecule is C=C(/N=C\C=C(/C)c1nc(C(=O)Nc2cn([C@H]3CC[C@@H](C(C)C)CC3)nc2C(F)(F)F)co1)NCC1CC1. The van der Waals surface area contributed by atoms with Crippen molar-refractivity contribution in [2.24, 2.45) is 22.7 Å². The number of rotatable bonds is 10. The Hall–Kier alpha value is -3.37. The molecule has 0 aromatic carbocycles. The second-order valence-corrected chi connectivity index (χ2v) is 10.6. The number of carbonyl (C=O) groups excluding carboxylic acids is 1. The third-order valence-corrected chi connectivity index (χ3v) is 7.23. The van der Waals surface area contributed by atoms with E-state index in [1.807, 2.05) is 0 Å². The van der Waals surface area contributed by atoms with E-state index in [-0.39, 0.29) is 17.6 Å². The molecular formula is C27H35F3N6O2. The second kappa shape index (κ2) is 11.6. The van der Waals surface area contributed by atoms with Gasteiger partial charge < -0.3 is 15.1 Å². The quantitative estimate of drug-likeness (QED) is 0.342. The zero-order chi connectivity index (χ0) is 27.4. The first-order valence-electron chi connectivity index (χ1n) is 13.1.